The van der Waals surface area contributed by atoms with Gasteiger partial charge in [0.15, 0.2) is 9.84 Å². The van der Waals surface area contributed by atoms with Gasteiger partial charge in [-0.3, -0.25) is 0 Å². The molecule has 0 N–H and O–H groups in total. The largest absolute Gasteiger partial charge is 0.458 e. The molecular weight excluding hydrogens is 384 g/mol. The molecule has 0 saturated heterocycles. The van der Waals surface area contributed by atoms with Crippen molar-refractivity contribution in [1.82, 2.24) is 0 Å². The third-order valence-electron chi connectivity index (χ3n) is 5.70. The van der Waals surface area contributed by atoms with Crippen molar-refractivity contribution in [3.8, 4) is 0 Å². The Morgan fingerprint density at radius 1 is 0.897 bits per heavy atom. The van der Waals surface area contributed by atoms with Crippen LogP contribution in [0.2, 0.25) is 0 Å². The first-order valence-corrected chi connectivity index (χ1v) is 11.8. The minimum absolute atomic E-state index is 0.161. The predicted octanol–water partition coefficient (Wildman–Crippen LogP) is 5.13. The highest BCUT2D eigenvalue weighted by Crippen LogP contribution is 2.38. The third-order valence-corrected chi connectivity index (χ3v) is 6.83. The van der Waals surface area contributed by atoms with Gasteiger partial charge in [0.1, 0.15) is 6.10 Å². The Balaban J connectivity index is 1.59. The number of carbonyl (C=O) groups excluding carboxylic acids is 1. The number of fused-ring (bicyclic) bond motifs is 1. The normalized spacial score (nSPS) is 19.8. The van der Waals surface area contributed by atoms with E-state index in [4.69, 9.17) is 4.74 Å². The summed E-state index contributed by atoms with van der Waals surface area (Å²) >= 11 is 0. The van der Waals surface area contributed by atoms with Gasteiger partial charge < -0.3 is 4.74 Å². The molecule has 3 aromatic rings. The smallest absolute Gasteiger partial charge is 0.338 e. The molecule has 5 heteroatoms. The topological polar surface area (TPSA) is 60.4 Å². The molecule has 29 heavy (non-hydrogen) atoms. The van der Waals surface area contributed by atoms with Gasteiger partial charge in [0.05, 0.1) is 10.5 Å². The molecule has 2 atom stereocenters. The number of rotatable bonds is 4. The number of hydrogen-bond donors (Lipinski definition) is 0. The molecule has 0 spiro atoms. The molecule has 1 fully saturated rings. The van der Waals surface area contributed by atoms with Crippen molar-refractivity contribution in [3.05, 3.63) is 77.9 Å². The zero-order chi connectivity index (χ0) is 20.4. The first-order chi connectivity index (χ1) is 13.9. The fourth-order valence-corrected chi connectivity index (χ4v) is 4.84. The maximum atomic E-state index is 12.7. The second-order valence-corrected chi connectivity index (χ2v) is 9.72. The minimum Gasteiger partial charge on any atom is -0.458 e. The van der Waals surface area contributed by atoms with Crippen LogP contribution >= 0.6 is 0 Å². The summed E-state index contributed by atoms with van der Waals surface area (Å²) in [6.45, 7) is 0. The summed E-state index contributed by atoms with van der Waals surface area (Å²) in [5, 5.41) is 2.40. The van der Waals surface area contributed by atoms with Crippen LogP contribution in [0.15, 0.2) is 71.6 Å². The van der Waals surface area contributed by atoms with Crippen LogP contribution in [-0.2, 0) is 14.6 Å². The molecule has 4 rings (SSSR count). The molecule has 0 amide bonds. The van der Waals surface area contributed by atoms with Gasteiger partial charge in [-0.2, -0.15) is 0 Å². The fourth-order valence-electron chi connectivity index (χ4n) is 4.21. The Morgan fingerprint density at radius 2 is 1.59 bits per heavy atom. The van der Waals surface area contributed by atoms with Crippen molar-refractivity contribution in [1.29, 1.82) is 0 Å². The SMILES string of the molecule is CS(=O)(=O)c1ccc(C(=O)O[C@H]2CCCC[C@H]2c2cccc3ccccc23)cc1. The van der Waals surface area contributed by atoms with Crippen LogP contribution in [0.25, 0.3) is 10.8 Å². The Morgan fingerprint density at radius 3 is 2.34 bits per heavy atom. The summed E-state index contributed by atoms with van der Waals surface area (Å²) in [7, 11) is -3.29. The van der Waals surface area contributed by atoms with Gasteiger partial charge in [0.25, 0.3) is 0 Å². The molecule has 1 saturated carbocycles. The lowest BCUT2D eigenvalue weighted by Crippen LogP contribution is -2.29. The van der Waals surface area contributed by atoms with Crippen molar-refractivity contribution in [2.24, 2.45) is 0 Å². The van der Waals surface area contributed by atoms with E-state index in [1.165, 1.54) is 40.6 Å². The molecule has 3 aromatic carbocycles. The third kappa shape index (κ3) is 4.20. The molecule has 0 aromatic heterocycles. The highest BCUT2D eigenvalue weighted by atomic mass is 32.2. The Hall–Kier alpha value is -2.66. The number of ether oxygens (including phenoxy) is 1. The van der Waals surface area contributed by atoms with Crippen LogP contribution in [0.3, 0.4) is 0 Å². The highest BCUT2D eigenvalue weighted by molar-refractivity contribution is 7.90. The van der Waals surface area contributed by atoms with Crippen molar-refractivity contribution < 1.29 is 17.9 Å². The van der Waals surface area contributed by atoms with Gasteiger partial charge in [0, 0.05) is 12.2 Å². The van der Waals surface area contributed by atoms with E-state index in [0.717, 1.165) is 31.9 Å². The van der Waals surface area contributed by atoms with Gasteiger partial charge in [-0.05, 0) is 59.9 Å². The van der Waals surface area contributed by atoms with E-state index in [0.29, 0.717) is 5.56 Å². The van der Waals surface area contributed by atoms with Crippen LogP contribution in [0.1, 0.15) is 47.5 Å². The van der Waals surface area contributed by atoms with Crippen molar-refractivity contribution in [2.45, 2.75) is 42.6 Å². The first kappa shape index (κ1) is 19.6. The van der Waals surface area contributed by atoms with E-state index in [2.05, 4.69) is 30.3 Å². The molecule has 0 bridgehead atoms. The maximum absolute atomic E-state index is 12.7. The molecule has 0 aliphatic heterocycles. The van der Waals surface area contributed by atoms with E-state index in [-0.39, 0.29) is 16.9 Å². The summed E-state index contributed by atoms with van der Waals surface area (Å²) in [4.78, 5) is 12.9. The molecule has 0 unspecified atom stereocenters. The lowest BCUT2D eigenvalue weighted by Gasteiger charge is -2.32. The lowest BCUT2D eigenvalue weighted by molar-refractivity contribution is 0.0143. The minimum atomic E-state index is -3.29. The maximum Gasteiger partial charge on any atom is 0.338 e. The zero-order valence-corrected chi connectivity index (χ0v) is 17.2. The summed E-state index contributed by atoms with van der Waals surface area (Å²) < 4.78 is 29.2. The number of carbonyl (C=O) groups is 1. The Labute approximate surface area is 171 Å². The van der Waals surface area contributed by atoms with Crippen LogP contribution in [0, 0.1) is 0 Å². The van der Waals surface area contributed by atoms with Crippen molar-refractivity contribution in [3.63, 3.8) is 0 Å². The summed E-state index contributed by atoms with van der Waals surface area (Å²) in [5.74, 6) is -0.240. The average molecular weight is 409 g/mol. The van der Waals surface area contributed by atoms with E-state index >= 15 is 0 Å². The van der Waals surface area contributed by atoms with Crippen LogP contribution in [0.5, 0.6) is 0 Å². The number of esters is 1. The lowest BCUT2D eigenvalue weighted by atomic mass is 9.80. The van der Waals surface area contributed by atoms with Gasteiger partial charge in [-0.1, -0.05) is 48.9 Å². The van der Waals surface area contributed by atoms with Crippen LogP contribution in [0.4, 0.5) is 0 Å². The molecule has 0 heterocycles. The van der Waals surface area contributed by atoms with E-state index in [9.17, 15) is 13.2 Å². The van der Waals surface area contributed by atoms with Gasteiger partial charge in [0.2, 0.25) is 0 Å². The first-order valence-electron chi connectivity index (χ1n) is 9.92. The second kappa shape index (κ2) is 7.99. The van der Waals surface area contributed by atoms with Crippen molar-refractivity contribution >= 4 is 26.6 Å². The second-order valence-electron chi connectivity index (χ2n) is 7.70. The Bertz CT molecular complexity index is 1130. The zero-order valence-electron chi connectivity index (χ0n) is 16.4. The summed E-state index contributed by atoms with van der Waals surface area (Å²) in [6.07, 6.45) is 4.94. The predicted molar refractivity (Wildman–Crippen MR) is 114 cm³/mol. The van der Waals surface area contributed by atoms with Gasteiger partial charge in [-0.15, -0.1) is 0 Å². The monoisotopic (exact) mass is 408 g/mol. The summed E-state index contributed by atoms with van der Waals surface area (Å²) in [5.41, 5.74) is 1.60. The molecule has 0 radical (unpaired) electrons. The van der Waals surface area contributed by atoms with Crippen LogP contribution in [-0.4, -0.2) is 26.7 Å². The number of sulfone groups is 1. The van der Waals surface area contributed by atoms with E-state index in [1.807, 2.05) is 12.1 Å². The molecule has 1 aliphatic rings. The summed E-state index contributed by atoms with van der Waals surface area (Å²) in [6, 6.07) is 20.6. The van der Waals surface area contributed by atoms with E-state index < -0.39 is 15.8 Å². The Kier molecular flexibility index (Phi) is 5.41. The van der Waals surface area contributed by atoms with Gasteiger partial charge in [-0.25, -0.2) is 13.2 Å². The standard InChI is InChI=1S/C24H24O4S/c1-29(26,27)19-15-13-18(14-16-19)24(25)28-23-12-5-4-10-22(23)21-11-6-8-17-7-2-3-9-20(17)21/h2-3,6-9,11,13-16,22-23H,4-5,10,12H2,1H3/t22-,23-/m0/s1. The molecule has 1 aliphatic carbocycles. The molecular formula is C24H24O4S. The number of hydrogen-bond acceptors (Lipinski definition) is 4. The van der Waals surface area contributed by atoms with E-state index in [1.54, 1.807) is 0 Å². The number of benzene rings is 3. The molecule has 150 valence electrons. The van der Waals surface area contributed by atoms with Crippen molar-refractivity contribution in [2.75, 3.05) is 6.26 Å². The van der Waals surface area contributed by atoms with Gasteiger partial charge >= 0.3 is 5.97 Å². The average Bonchev–Trinajstić information content (AvgIpc) is 2.73. The van der Waals surface area contributed by atoms with Crippen LogP contribution < -0.4 is 0 Å². The fraction of sp³-hybridized carbons (Fsp3) is 0.292. The highest BCUT2D eigenvalue weighted by Gasteiger charge is 2.31. The molecule has 4 nitrogen and oxygen atoms in total. The quantitative estimate of drug-likeness (QED) is 0.562.